The second-order valence-electron chi connectivity index (χ2n) is 8.11. The fraction of sp³-hybridized carbons (Fsp3) is 1.00. The topological polar surface area (TPSA) is 24.5 Å². The minimum absolute atomic E-state index is 0.467. The van der Waals surface area contributed by atoms with Gasteiger partial charge in [0, 0.05) is 44.4 Å². The van der Waals surface area contributed by atoms with E-state index in [2.05, 4.69) is 10.2 Å². The molecule has 2 heterocycles. The van der Waals surface area contributed by atoms with E-state index < -0.39 is 0 Å². The molecule has 1 N–H and O–H groups in total. The Morgan fingerprint density at radius 3 is 2.48 bits per heavy atom. The first-order valence-electron chi connectivity index (χ1n) is 9.42. The minimum Gasteiger partial charge on any atom is -0.381 e. The maximum Gasteiger partial charge on any atom is 0.0469 e. The van der Waals surface area contributed by atoms with Crippen LogP contribution in [0.1, 0.15) is 57.8 Å². The molecule has 0 aromatic rings. The van der Waals surface area contributed by atoms with Gasteiger partial charge in [-0.2, -0.15) is 0 Å². The largest absolute Gasteiger partial charge is 0.381 e. The van der Waals surface area contributed by atoms with Crippen molar-refractivity contribution in [2.24, 2.45) is 11.8 Å². The number of hydrogen-bond acceptors (Lipinski definition) is 3. The summed E-state index contributed by atoms with van der Waals surface area (Å²) in [6.45, 7) is 5.92. The molecule has 4 aliphatic rings. The summed E-state index contributed by atoms with van der Waals surface area (Å²) >= 11 is 0. The number of hydrogen-bond donors (Lipinski definition) is 1. The van der Waals surface area contributed by atoms with E-state index in [1.807, 2.05) is 0 Å². The van der Waals surface area contributed by atoms with Crippen molar-refractivity contribution < 1.29 is 4.74 Å². The molecule has 2 saturated carbocycles. The van der Waals surface area contributed by atoms with Crippen molar-refractivity contribution in [3.63, 3.8) is 0 Å². The van der Waals surface area contributed by atoms with Crippen LogP contribution in [-0.2, 0) is 4.74 Å². The van der Waals surface area contributed by atoms with Gasteiger partial charge in [0.15, 0.2) is 0 Å². The van der Waals surface area contributed by atoms with Crippen LogP contribution in [0.3, 0.4) is 0 Å². The number of nitrogens with zero attached hydrogens (tertiary/aromatic N) is 1. The molecule has 2 saturated heterocycles. The average molecular weight is 292 g/mol. The summed E-state index contributed by atoms with van der Waals surface area (Å²) in [6.07, 6.45) is 12.7. The smallest absolute Gasteiger partial charge is 0.0469 e. The summed E-state index contributed by atoms with van der Waals surface area (Å²) < 4.78 is 5.55. The van der Waals surface area contributed by atoms with Gasteiger partial charge in [-0.3, -0.25) is 4.90 Å². The Bertz CT molecular complexity index is 343. The highest BCUT2D eigenvalue weighted by Crippen LogP contribution is 2.40. The van der Waals surface area contributed by atoms with Crippen LogP contribution in [0.25, 0.3) is 0 Å². The van der Waals surface area contributed by atoms with Gasteiger partial charge in [-0.15, -0.1) is 0 Å². The van der Waals surface area contributed by atoms with E-state index in [-0.39, 0.29) is 0 Å². The lowest BCUT2D eigenvalue weighted by Gasteiger charge is -2.51. The van der Waals surface area contributed by atoms with E-state index in [0.29, 0.717) is 5.54 Å². The zero-order chi connectivity index (χ0) is 14.1. The van der Waals surface area contributed by atoms with E-state index in [1.165, 1.54) is 77.4 Å². The third kappa shape index (κ3) is 3.30. The van der Waals surface area contributed by atoms with Crippen LogP contribution >= 0.6 is 0 Å². The lowest BCUT2D eigenvalue weighted by molar-refractivity contribution is 0.00791. The molecule has 4 rings (SSSR count). The molecular weight excluding hydrogens is 260 g/mol. The van der Waals surface area contributed by atoms with Crippen LogP contribution in [-0.4, -0.2) is 49.3 Å². The quantitative estimate of drug-likeness (QED) is 0.865. The molecule has 0 bridgehead atoms. The molecule has 4 fully saturated rings. The molecule has 2 aliphatic heterocycles. The summed E-state index contributed by atoms with van der Waals surface area (Å²) in [5, 5.41) is 4.01. The number of rotatable bonds is 3. The van der Waals surface area contributed by atoms with E-state index in [0.717, 1.165) is 31.1 Å². The Balaban J connectivity index is 1.43. The average Bonchev–Trinajstić information content (AvgIpc) is 3.34. The highest BCUT2D eigenvalue weighted by molar-refractivity contribution is 5.03. The zero-order valence-electron chi connectivity index (χ0n) is 13.5. The monoisotopic (exact) mass is 292 g/mol. The molecule has 0 radical (unpaired) electrons. The van der Waals surface area contributed by atoms with Gasteiger partial charge < -0.3 is 10.1 Å². The van der Waals surface area contributed by atoms with Crippen molar-refractivity contribution in [1.29, 1.82) is 0 Å². The first kappa shape index (κ1) is 14.5. The van der Waals surface area contributed by atoms with Crippen LogP contribution in [0.15, 0.2) is 0 Å². The first-order valence-corrected chi connectivity index (χ1v) is 9.42. The van der Waals surface area contributed by atoms with Gasteiger partial charge in [-0.05, 0) is 50.4 Å². The van der Waals surface area contributed by atoms with Crippen molar-refractivity contribution in [3.05, 3.63) is 0 Å². The molecule has 3 heteroatoms. The fourth-order valence-corrected chi connectivity index (χ4v) is 4.98. The fourth-order valence-electron chi connectivity index (χ4n) is 4.98. The summed E-state index contributed by atoms with van der Waals surface area (Å²) in [4.78, 5) is 2.91. The number of piperazine rings is 1. The second-order valence-corrected chi connectivity index (χ2v) is 8.11. The van der Waals surface area contributed by atoms with Gasteiger partial charge in [-0.25, -0.2) is 0 Å². The normalized spacial score (nSPS) is 35.1. The molecule has 1 atom stereocenters. The van der Waals surface area contributed by atoms with Gasteiger partial charge in [0.2, 0.25) is 0 Å². The minimum atomic E-state index is 0.467. The van der Waals surface area contributed by atoms with Gasteiger partial charge in [0.05, 0.1) is 0 Å². The molecule has 2 aliphatic carbocycles. The third-order valence-corrected chi connectivity index (χ3v) is 6.47. The van der Waals surface area contributed by atoms with Gasteiger partial charge in [0.1, 0.15) is 0 Å². The summed E-state index contributed by atoms with van der Waals surface area (Å²) in [7, 11) is 0. The molecule has 1 unspecified atom stereocenters. The zero-order valence-corrected chi connectivity index (χ0v) is 13.5. The maximum atomic E-state index is 5.55. The van der Waals surface area contributed by atoms with Crippen LogP contribution < -0.4 is 5.32 Å². The molecule has 3 nitrogen and oxygen atoms in total. The third-order valence-electron chi connectivity index (χ3n) is 6.47. The highest BCUT2D eigenvalue weighted by Gasteiger charge is 2.45. The van der Waals surface area contributed by atoms with Crippen LogP contribution in [0.5, 0.6) is 0 Å². The van der Waals surface area contributed by atoms with Crippen molar-refractivity contribution >= 4 is 0 Å². The van der Waals surface area contributed by atoms with Gasteiger partial charge >= 0.3 is 0 Å². The Morgan fingerprint density at radius 2 is 1.76 bits per heavy atom. The SMILES string of the molecule is C1CCC2(CC1)CN(CC1CCOCC1)C(C1CC1)CN2. The lowest BCUT2D eigenvalue weighted by Crippen LogP contribution is -2.65. The standard InChI is InChI=1S/C18H32N2O/c1-2-8-18(9-3-1)14-20(13-15-6-10-21-11-7-15)17(12-19-18)16-4-5-16/h15-17,19H,1-14H2. The van der Waals surface area contributed by atoms with Gasteiger partial charge in [0.25, 0.3) is 0 Å². The number of ether oxygens (including phenoxy) is 1. The molecule has 0 aromatic heterocycles. The molecule has 21 heavy (non-hydrogen) atoms. The van der Waals surface area contributed by atoms with Gasteiger partial charge in [-0.1, -0.05) is 19.3 Å². The maximum absolute atomic E-state index is 5.55. The van der Waals surface area contributed by atoms with Crippen molar-refractivity contribution in [2.75, 3.05) is 32.8 Å². The second kappa shape index (κ2) is 6.17. The molecule has 120 valence electrons. The first-order chi connectivity index (χ1) is 10.3. The molecule has 0 amide bonds. The van der Waals surface area contributed by atoms with Crippen molar-refractivity contribution in [3.8, 4) is 0 Å². The van der Waals surface area contributed by atoms with E-state index in [1.54, 1.807) is 0 Å². The van der Waals surface area contributed by atoms with Crippen LogP contribution in [0.2, 0.25) is 0 Å². The predicted octanol–water partition coefficient (Wildman–Crippen LogP) is 2.80. The number of nitrogens with one attached hydrogen (secondary N) is 1. The van der Waals surface area contributed by atoms with Crippen molar-refractivity contribution in [1.82, 2.24) is 10.2 Å². The van der Waals surface area contributed by atoms with Crippen LogP contribution in [0, 0.1) is 11.8 Å². The Hall–Kier alpha value is -0.120. The predicted molar refractivity (Wildman–Crippen MR) is 85.4 cm³/mol. The Morgan fingerprint density at radius 1 is 1.00 bits per heavy atom. The Kier molecular flexibility index (Phi) is 4.25. The lowest BCUT2D eigenvalue weighted by atomic mass is 9.78. The summed E-state index contributed by atoms with van der Waals surface area (Å²) in [5.74, 6) is 1.89. The molecule has 0 aromatic carbocycles. The van der Waals surface area contributed by atoms with E-state index in [9.17, 15) is 0 Å². The molecule has 1 spiro atoms. The molecular formula is C18H32N2O. The van der Waals surface area contributed by atoms with E-state index in [4.69, 9.17) is 4.74 Å². The Labute approximate surface area is 129 Å². The summed E-state index contributed by atoms with van der Waals surface area (Å²) in [5.41, 5.74) is 0.467. The highest BCUT2D eigenvalue weighted by atomic mass is 16.5. The summed E-state index contributed by atoms with van der Waals surface area (Å²) in [6, 6.07) is 0.834. The van der Waals surface area contributed by atoms with E-state index >= 15 is 0 Å². The van der Waals surface area contributed by atoms with Crippen molar-refractivity contribution in [2.45, 2.75) is 69.4 Å². The van der Waals surface area contributed by atoms with Crippen LogP contribution in [0.4, 0.5) is 0 Å².